The zero-order valence-corrected chi connectivity index (χ0v) is 15.2. The van der Waals surface area contributed by atoms with Gasteiger partial charge in [-0.05, 0) is 56.8 Å². The highest BCUT2D eigenvalue weighted by atomic mass is 16.5. The Balaban J connectivity index is 2.03. The molecule has 1 aromatic rings. The highest BCUT2D eigenvalue weighted by Gasteiger charge is 2.23. The minimum atomic E-state index is 0.0449. The highest BCUT2D eigenvalue weighted by Crippen LogP contribution is 2.27. The van der Waals surface area contributed by atoms with Gasteiger partial charge in [0.1, 0.15) is 11.5 Å². The van der Waals surface area contributed by atoms with E-state index in [4.69, 9.17) is 10.5 Å². The number of anilines is 1. The lowest BCUT2D eigenvalue weighted by molar-refractivity contribution is -0.116. The van der Waals surface area contributed by atoms with Crippen LogP contribution in [0.3, 0.4) is 0 Å². The quantitative estimate of drug-likeness (QED) is 0.754. The predicted molar refractivity (Wildman–Crippen MR) is 99.1 cm³/mol. The third kappa shape index (κ3) is 5.46. The van der Waals surface area contributed by atoms with Crippen LogP contribution < -0.4 is 15.8 Å². The Labute approximate surface area is 149 Å². The van der Waals surface area contributed by atoms with Crippen molar-refractivity contribution in [2.45, 2.75) is 32.6 Å². The summed E-state index contributed by atoms with van der Waals surface area (Å²) in [7, 11) is 1.59. The smallest absolute Gasteiger partial charge is 0.253 e. The number of hydrogen-bond donors (Lipinski definition) is 2. The number of carbonyl (C=O) groups is 2. The second kappa shape index (κ2) is 9.42. The number of ketones is 1. The Morgan fingerprint density at radius 3 is 2.64 bits per heavy atom. The van der Waals surface area contributed by atoms with E-state index in [0.717, 1.165) is 38.0 Å². The van der Waals surface area contributed by atoms with Gasteiger partial charge in [0.05, 0.1) is 12.8 Å². The van der Waals surface area contributed by atoms with Crippen molar-refractivity contribution in [2.24, 2.45) is 11.7 Å². The topological polar surface area (TPSA) is 84.7 Å². The molecule has 0 atom stereocenters. The molecule has 1 heterocycles. The first kappa shape index (κ1) is 19.2. The van der Waals surface area contributed by atoms with Crippen LogP contribution in [0.1, 0.15) is 43.0 Å². The largest absolute Gasteiger partial charge is 0.495 e. The van der Waals surface area contributed by atoms with Crippen LogP contribution in [0, 0.1) is 5.92 Å². The molecule has 1 aliphatic rings. The summed E-state index contributed by atoms with van der Waals surface area (Å²) in [5, 5.41) is 3.19. The normalized spacial score (nSPS) is 15.1. The first-order chi connectivity index (χ1) is 12.0. The fourth-order valence-corrected chi connectivity index (χ4v) is 3.20. The first-order valence-electron chi connectivity index (χ1n) is 8.95. The zero-order valence-electron chi connectivity index (χ0n) is 15.2. The number of piperidine rings is 1. The molecule has 0 unspecified atom stereocenters. The maximum atomic E-state index is 12.8. The van der Waals surface area contributed by atoms with Crippen LogP contribution in [-0.2, 0) is 4.79 Å². The number of Topliss-reactive ketones (excluding diaryl/α,β-unsaturated/α-hetero) is 1. The SMILES string of the molecule is COc1ccc(C(=O)N2CCC(CCN)CC2)cc1NCCC(C)=O. The molecular formula is C19H29N3O3. The fraction of sp³-hybridized carbons (Fsp3) is 0.579. The monoisotopic (exact) mass is 347 g/mol. The van der Waals surface area contributed by atoms with Crippen LogP contribution in [-0.4, -0.2) is 49.9 Å². The third-order valence-corrected chi connectivity index (χ3v) is 4.72. The van der Waals surface area contributed by atoms with Gasteiger partial charge in [0.25, 0.3) is 5.91 Å². The van der Waals surface area contributed by atoms with Gasteiger partial charge >= 0.3 is 0 Å². The van der Waals surface area contributed by atoms with Crippen molar-refractivity contribution in [3.63, 3.8) is 0 Å². The second-order valence-electron chi connectivity index (χ2n) is 6.61. The highest BCUT2D eigenvalue weighted by molar-refractivity contribution is 5.95. The summed E-state index contributed by atoms with van der Waals surface area (Å²) in [6.45, 7) is 4.36. The van der Waals surface area contributed by atoms with Crippen LogP contribution in [0.4, 0.5) is 5.69 Å². The van der Waals surface area contributed by atoms with E-state index in [0.29, 0.717) is 36.7 Å². The number of nitrogens with two attached hydrogens (primary N) is 1. The second-order valence-corrected chi connectivity index (χ2v) is 6.61. The number of ether oxygens (including phenoxy) is 1. The molecule has 6 nitrogen and oxygen atoms in total. The molecule has 138 valence electrons. The molecule has 2 rings (SSSR count). The molecule has 1 aliphatic heterocycles. The molecule has 0 aromatic heterocycles. The minimum absolute atomic E-state index is 0.0449. The lowest BCUT2D eigenvalue weighted by Gasteiger charge is -2.32. The molecule has 0 saturated carbocycles. The Hall–Kier alpha value is -2.08. The van der Waals surface area contributed by atoms with Crippen molar-refractivity contribution in [3.8, 4) is 5.75 Å². The zero-order chi connectivity index (χ0) is 18.2. The lowest BCUT2D eigenvalue weighted by atomic mass is 9.93. The standard InChI is InChI=1S/C19H29N3O3/c1-14(23)6-10-21-17-13-16(3-4-18(17)25-2)19(24)22-11-7-15(5-9-20)8-12-22/h3-4,13,15,21H,5-12,20H2,1-2H3. The molecule has 0 aliphatic carbocycles. The summed E-state index contributed by atoms with van der Waals surface area (Å²) in [6, 6.07) is 5.40. The number of hydrogen-bond acceptors (Lipinski definition) is 5. The van der Waals surface area contributed by atoms with Crippen LogP contribution in [0.2, 0.25) is 0 Å². The van der Waals surface area contributed by atoms with Crippen LogP contribution in [0.15, 0.2) is 18.2 Å². The van der Waals surface area contributed by atoms with Gasteiger partial charge in [0, 0.05) is 31.6 Å². The van der Waals surface area contributed by atoms with E-state index >= 15 is 0 Å². The van der Waals surface area contributed by atoms with Gasteiger partial charge < -0.3 is 20.7 Å². The van der Waals surface area contributed by atoms with E-state index < -0.39 is 0 Å². The van der Waals surface area contributed by atoms with Gasteiger partial charge in [-0.25, -0.2) is 0 Å². The van der Waals surface area contributed by atoms with Gasteiger partial charge in [-0.1, -0.05) is 0 Å². The molecule has 3 N–H and O–H groups in total. The Bertz CT molecular complexity index is 596. The summed E-state index contributed by atoms with van der Waals surface area (Å²) in [5.41, 5.74) is 7.01. The maximum absolute atomic E-state index is 12.8. The van der Waals surface area contributed by atoms with E-state index in [1.807, 2.05) is 11.0 Å². The average molecular weight is 347 g/mol. The van der Waals surface area contributed by atoms with Gasteiger partial charge in [0.2, 0.25) is 0 Å². The van der Waals surface area contributed by atoms with Crippen LogP contribution in [0.5, 0.6) is 5.75 Å². The number of likely N-dealkylation sites (tertiary alicyclic amines) is 1. The van der Waals surface area contributed by atoms with Gasteiger partial charge in [-0.2, -0.15) is 0 Å². The molecule has 1 amide bonds. The Kier molecular flexibility index (Phi) is 7.25. The number of amides is 1. The van der Waals surface area contributed by atoms with E-state index in [2.05, 4.69) is 5.32 Å². The molecule has 6 heteroatoms. The van der Waals surface area contributed by atoms with Crippen molar-refractivity contribution in [2.75, 3.05) is 38.6 Å². The van der Waals surface area contributed by atoms with Gasteiger partial charge in [0.15, 0.2) is 0 Å². The van der Waals surface area contributed by atoms with Gasteiger partial charge in [-0.3, -0.25) is 9.59 Å². The molecule has 0 radical (unpaired) electrons. The summed E-state index contributed by atoms with van der Waals surface area (Å²) in [4.78, 5) is 25.8. The number of benzene rings is 1. The molecule has 1 fully saturated rings. The van der Waals surface area contributed by atoms with Crippen LogP contribution >= 0.6 is 0 Å². The predicted octanol–water partition coefficient (Wildman–Crippen LogP) is 2.29. The number of nitrogens with one attached hydrogen (secondary N) is 1. The van der Waals surface area contributed by atoms with Crippen molar-refractivity contribution in [3.05, 3.63) is 23.8 Å². The molecule has 25 heavy (non-hydrogen) atoms. The number of nitrogens with zero attached hydrogens (tertiary/aromatic N) is 1. The fourth-order valence-electron chi connectivity index (χ4n) is 3.20. The lowest BCUT2D eigenvalue weighted by Crippen LogP contribution is -2.38. The van der Waals surface area contributed by atoms with Crippen LogP contribution in [0.25, 0.3) is 0 Å². The van der Waals surface area contributed by atoms with E-state index in [-0.39, 0.29) is 11.7 Å². The number of carbonyl (C=O) groups excluding carboxylic acids is 2. The van der Waals surface area contributed by atoms with Crippen molar-refractivity contribution >= 4 is 17.4 Å². The van der Waals surface area contributed by atoms with Gasteiger partial charge in [-0.15, -0.1) is 0 Å². The average Bonchev–Trinajstić information content (AvgIpc) is 2.61. The molecule has 1 aromatic carbocycles. The molecular weight excluding hydrogens is 318 g/mol. The van der Waals surface area contributed by atoms with E-state index in [1.165, 1.54) is 0 Å². The van der Waals surface area contributed by atoms with E-state index in [1.54, 1.807) is 26.2 Å². The van der Waals surface area contributed by atoms with Crippen molar-refractivity contribution in [1.29, 1.82) is 0 Å². The van der Waals surface area contributed by atoms with Crippen molar-refractivity contribution in [1.82, 2.24) is 4.90 Å². The summed E-state index contributed by atoms with van der Waals surface area (Å²) >= 11 is 0. The Morgan fingerprint density at radius 2 is 2.04 bits per heavy atom. The summed E-state index contributed by atoms with van der Waals surface area (Å²) < 4.78 is 5.34. The number of rotatable bonds is 8. The molecule has 0 spiro atoms. The molecule has 0 bridgehead atoms. The number of methoxy groups -OCH3 is 1. The Morgan fingerprint density at radius 1 is 1.32 bits per heavy atom. The van der Waals surface area contributed by atoms with E-state index in [9.17, 15) is 9.59 Å². The summed E-state index contributed by atoms with van der Waals surface area (Å²) in [6.07, 6.45) is 3.51. The van der Waals surface area contributed by atoms with Crippen molar-refractivity contribution < 1.29 is 14.3 Å². The first-order valence-corrected chi connectivity index (χ1v) is 8.95. The third-order valence-electron chi connectivity index (χ3n) is 4.72. The maximum Gasteiger partial charge on any atom is 0.253 e. The minimum Gasteiger partial charge on any atom is -0.495 e. The summed E-state index contributed by atoms with van der Waals surface area (Å²) in [5.74, 6) is 1.47. The molecule has 1 saturated heterocycles.